The largest absolute Gasteiger partial charge is 0.381 e. The Morgan fingerprint density at radius 2 is 1.91 bits per heavy atom. The lowest BCUT2D eigenvalue weighted by atomic mass is 9.55. The van der Waals surface area contributed by atoms with Gasteiger partial charge in [0.1, 0.15) is 0 Å². The molecule has 3 fully saturated rings. The summed E-state index contributed by atoms with van der Waals surface area (Å²) in [5, 5.41) is 7.32. The fraction of sp³-hybridized carbons (Fsp3) is 0.941. The van der Waals surface area contributed by atoms with E-state index in [0.29, 0.717) is 24.1 Å². The number of aliphatic imine (C=N–C) groups is 1. The fourth-order valence-corrected chi connectivity index (χ4v) is 4.29. The predicted molar refractivity (Wildman–Crippen MR) is 88.1 cm³/mol. The number of ether oxygens (including phenoxy) is 2. The van der Waals surface area contributed by atoms with Crippen molar-refractivity contribution < 1.29 is 9.47 Å². The maximum Gasteiger partial charge on any atom is 0.191 e. The number of fused-ring (bicyclic) bond motifs is 1. The van der Waals surface area contributed by atoms with E-state index in [9.17, 15) is 0 Å². The molecular weight excluding hydrogens is 278 g/mol. The SMILES string of the molecule is CCN=C(NC1CCOCC1)NC1C2CCCOC2C1(C)C. The van der Waals surface area contributed by atoms with Crippen molar-refractivity contribution in [3.63, 3.8) is 0 Å². The first-order valence-electron chi connectivity index (χ1n) is 8.89. The number of nitrogens with one attached hydrogen (secondary N) is 2. The molecule has 2 aliphatic heterocycles. The molecular formula is C17H31N3O2. The molecule has 0 aromatic carbocycles. The van der Waals surface area contributed by atoms with E-state index in [1.165, 1.54) is 12.8 Å². The molecule has 3 unspecified atom stereocenters. The summed E-state index contributed by atoms with van der Waals surface area (Å²) in [5.41, 5.74) is 0.178. The highest BCUT2D eigenvalue weighted by Crippen LogP contribution is 2.51. The molecule has 2 N–H and O–H groups in total. The second-order valence-electron chi connectivity index (χ2n) is 7.39. The molecule has 3 aliphatic rings. The number of rotatable bonds is 3. The van der Waals surface area contributed by atoms with Gasteiger partial charge in [0.05, 0.1) is 6.10 Å². The highest BCUT2D eigenvalue weighted by Gasteiger charge is 2.58. The van der Waals surface area contributed by atoms with Gasteiger partial charge in [-0.15, -0.1) is 0 Å². The Labute approximate surface area is 134 Å². The van der Waals surface area contributed by atoms with Crippen molar-refractivity contribution in [1.82, 2.24) is 10.6 Å². The van der Waals surface area contributed by atoms with Gasteiger partial charge in [-0.2, -0.15) is 0 Å². The van der Waals surface area contributed by atoms with E-state index in [4.69, 9.17) is 9.47 Å². The summed E-state index contributed by atoms with van der Waals surface area (Å²) in [6.07, 6.45) is 4.98. The summed E-state index contributed by atoms with van der Waals surface area (Å²) < 4.78 is 11.4. The van der Waals surface area contributed by atoms with E-state index >= 15 is 0 Å². The Morgan fingerprint density at radius 3 is 2.64 bits per heavy atom. The van der Waals surface area contributed by atoms with Crippen LogP contribution in [-0.2, 0) is 9.47 Å². The lowest BCUT2D eigenvalue weighted by molar-refractivity contribution is -0.188. The summed E-state index contributed by atoms with van der Waals surface area (Å²) in [5.74, 6) is 1.60. The minimum atomic E-state index is 0.178. The quantitative estimate of drug-likeness (QED) is 0.618. The minimum Gasteiger partial charge on any atom is -0.381 e. The van der Waals surface area contributed by atoms with Gasteiger partial charge in [-0.05, 0) is 32.6 Å². The molecule has 0 aromatic heterocycles. The first-order chi connectivity index (χ1) is 10.6. The van der Waals surface area contributed by atoms with Crippen LogP contribution in [0.4, 0.5) is 0 Å². The monoisotopic (exact) mass is 309 g/mol. The van der Waals surface area contributed by atoms with Crippen molar-refractivity contribution >= 4 is 5.96 Å². The molecule has 1 aliphatic carbocycles. The van der Waals surface area contributed by atoms with Gasteiger partial charge in [-0.25, -0.2) is 0 Å². The predicted octanol–water partition coefficient (Wildman–Crippen LogP) is 1.92. The molecule has 0 spiro atoms. The molecule has 2 heterocycles. The smallest absolute Gasteiger partial charge is 0.191 e. The first kappa shape index (κ1) is 16.1. The van der Waals surface area contributed by atoms with Gasteiger partial charge in [0.2, 0.25) is 0 Å². The Hall–Kier alpha value is -0.810. The lowest BCUT2D eigenvalue weighted by Crippen LogP contribution is -2.71. The number of hydrogen-bond donors (Lipinski definition) is 2. The van der Waals surface area contributed by atoms with E-state index in [-0.39, 0.29) is 5.41 Å². The van der Waals surface area contributed by atoms with Crippen LogP contribution in [0.3, 0.4) is 0 Å². The minimum absolute atomic E-state index is 0.178. The van der Waals surface area contributed by atoms with E-state index < -0.39 is 0 Å². The molecule has 2 saturated heterocycles. The van der Waals surface area contributed by atoms with Crippen LogP contribution in [0.5, 0.6) is 0 Å². The van der Waals surface area contributed by atoms with Gasteiger partial charge in [-0.3, -0.25) is 4.99 Å². The standard InChI is InChI=1S/C17H31N3O2/c1-4-18-16(19-12-7-10-21-11-8-12)20-14-13-6-5-9-22-15(13)17(14,2)3/h12-15H,4-11H2,1-3H3,(H2,18,19,20). The summed E-state index contributed by atoms with van der Waals surface area (Å²) in [6, 6.07) is 0.934. The molecule has 3 rings (SSSR count). The summed E-state index contributed by atoms with van der Waals surface area (Å²) in [4.78, 5) is 4.66. The van der Waals surface area contributed by atoms with Crippen LogP contribution in [0.25, 0.3) is 0 Å². The number of nitrogens with zero attached hydrogens (tertiary/aromatic N) is 1. The Morgan fingerprint density at radius 1 is 1.14 bits per heavy atom. The maximum atomic E-state index is 6.00. The second kappa shape index (κ2) is 6.75. The number of guanidine groups is 1. The van der Waals surface area contributed by atoms with E-state index in [2.05, 4.69) is 36.4 Å². The van der Waals surface area contributed by atoms with Gasteiger partial charge in [0.25, 0.3) is 0 Å². The zero-order valence-corrected chi connectivity index (χ0v) is 14.2. The molecule has 5 nitrogen and oxygen atoms in total. The molecule has 0 amide bonds. The first-order valence-corrected chi connectivity index (χ1v) is 8.89. The van der Waals surface area contributed by atoms with E-state index in [1.807, 2.05) is 0 Å². The molecule has 0 radical (unpaired) electrons. The molecule has 0 bridgehead atoms. The van der Waals surface area contributed by atoms with Crippen LogP contribution in [0.15, 0.2) is 4.99 Å². The topological polar surface area (TPSA) is 54.9 Å². The van der Waals surface area contributed by atoms with Crippen molar-refractivity contribution in [2.45, 2.75) is 64.6 Å². The van der Waals surface area contributed by atoms with Crippen LogP contribution < -0.4 is 10.6 Å². The molecule has 126 valence electrons. The highest BCUT2D eigenvalue weighted by molar-refractivity contribution is 5.80. The third-order valence-corrected chi connectivity index (χ3v) is 5.50. The van der Waals surface area contributed by atoms with Gasteiger partial charge < -0.3 is 20.1 Å². The normalized spacial score (nSPS) is 35.4. The highest BCUT2D eigenvalue weighted by atomic mass is 16.5. The van der Waals surface area contributed by atoms with Crippen LogP contribution >= 0.6 is 0 Å². The van der Waals surface area contributed by atoms with Crippen molar-refractivity contribution in [3.05, 3.63) is 0 Å². The Balaban J connectivity index is 1.62. The van der Waals surface area contributed by atoms with Crippen LogP contribution in [0.1, 0.15) is 46.5 Å². The maximum absolute atomic E-state index is 6.00. The average molecular weight is 309 g/mol. The fourth-order valence-electron chi connectivity index (χ4n) is 4.29. The zero-order chi connectivity index (χ0) is 15.6. The lowest BCUT2D eigenvalue weighted by Gasteiger charge is -2.60. The van der Waals surface area contributed by atoms with Crippen molar-refractivity contribution in [3.8, 4) is 0 Å². The van der Waals surface area contributed by atoms with Crippen LogP contribution in [-0.4, -0.2) is 50.5 Å². The van der Waals surface area contributed by atoms with Crippen molar-refractivity contribution in [2.75, 3.05) is 26.4 Å². The van der Waals surface area contributed by atoms with E-state index in [1.54, 1.807) is 0 Å². The molecule has 3 atom stereocenters. The van der Waals surface area contributed by atoms with Gasteiger partial charge in [0, 0.05) is 49.8 Å². The van der Waals surface area contributed by atoms with Crippen molar-refractivity contribution in [2.24, 2.45) is 16.3 Å². The van der Waals surface area contributed by atoms with Crippen LogP contribution in [0.2, 0.25) is 0 Å². The molecule has 0 aromatic rings. The Kier molecular flexibility index (Phi) is 4.93. The van der Waals surface area contributed by atoms with Gasteiger partial charge >= 0.3 is 0 Å². The zero-order valence-electron chi connectivity index (χ0n) is 14.2. The van der Waals surface area contributed by atoms with E-state index in [0.717, 1.165) is 45.2 Å². The van der Waals surface area contributed by atoms with Gasteiger partial charge in [0.15, 0.2) is 5.96 Å². The van der Waals surface area contributed by atoms with Crippen LogP contribution in [0, 0.1) is 11.3 Å². The van der Waals surface area contributed by atoms with Gasteiger partial charge in [-0.1, -0.05) is 13.8 Å². The molecule has 22 heavy (non-hydrogen) atoms. The molecule has 5 heteroatoms. The Bertz CT molecular complexity index is 405. The third kappa shape index (κ3) is 3.11. The third-order valence-electron chi connectivity index (χ3n) is 5.50. The second-order valence-corrected chi connectivity index (χ2v) is 7.39. The summed E-state index contributed by atoms with van der Waals surface area (Å²) in [7, 11) is 0. The average Bonchev–Trinajstić information content (AvgIpc) is 2.53. The summed E-state index contributed by atoms with van der Waals surface area (Å²) in [6.45, 7) is 10.1. The summed E-state index contributed by atoms with van der Waals surface area (Å²) >= 11 is 0. The number of hydrogen-bond acceptors (Lipinski definition) is 3. The molecule has 1 saturated carbocycles. The van der Waals surface area contributed by atoms with Crippen molar-refractivity contribution in [1.29, 1.82) is 0 Å².